The molecular formula is C15H14N2O2S. The molecule has 0 atom stereocenters. The lowest BCUT2D eigenvalue weighted by atomic mass is 10.1. The van der Waals surface area contributed by atoms with Gasteiger partial charge in [0.25, 0.3) is 5.91 Å². The van der Waals surface area contributed by atoms with Crippen LogP contribution in [-0.4, -0.2) is 16.0 Å². The van der Waals surface area contributed by atoms with Gasteiger partial charge in [0, 0.05) is 16.8 Å². The van der Waals surface area contributed by atoms with E-state index in [0.717, 1.165) is 5.56 Å². The summed E-state index contributed by atoms with van der Waals surface area (Å²) in [4.78, 5) is 12.4. The molecule has 0 aromatic heterocycles. The summed E-state index contributed by atoms with van der Waals surface area (Å²) in [5.74, 6) is -0.0708. The number of phenols is 1. The van der Waals surface area contributed by atoms with Crippen molar-refractivity contribution in [3.05, 3.63) is 59.2 Å². The van der Waals surface area contributed by atoms with Crippen LogP contribution in [0.15, 0.2) is 42.5 Å². The highest BCUT2D eigenvalue weighted by molar-refractivity contribution is 7.80. The van der Waals surface area contributed by atoms with Crippen LogP contribution in [0.5, 0.6) is 5.75 Å². The fourth-order valence-electron chi connectivity index (χ4n) is 1.72. The molecule has 0 aliphatic heterocycles. The van der Waals surface area contributed by atoms with Gasteiger partial charge in [-0.05, 0) is 55.0 Å². The summed E-state index contributed by atoms with van der Waals surface area (Å²) < 4.78 is 0. The number of carbonyl (C=O) groups excluding carboxylic acids is 1. The van der Waals surface area contributed by atoms with Crippen molar-refractivity contribution in [1.82, 2.24) is 0 Å². The zero-order valence-corrected chi connectivity index (χ0v) is 11.7. The first kappa shape index (κ1) is 14.0. The van der Waals surface area contributed by atoms with Gasteiger partial charge >= 0.3 is 0 Å². The Hall–Kier alpha value is -2.40. The lowest BCUT2D eigenvalue weighted by molar-refractivity contribution is 0.102. The molecule has 4 nitrogen and oxygen atoms in total. The van der Waals surface area contributed by atoms with Gasteiger partial charge in [-0.15, -0.1) is 0 Å². The third kappa shape index (κ3) is 3.13. The van der Waals surface area contributed by atoms with Gasteiger partial charge in [-0.3, -0.25) is 4.79 Å². The number of benzene rings is 2. The first-order valence-electron chi connectivity index (χ1n) is 5.98. The van der Waals surface area contributed by atoms with E-state index < -0.39 is 0 Å². The second-order valence-corrected chi connectivity index (χ2v) is 4.84. The number of rotatable bonds is 3. The number of thiocarbonyl (C=S) groups is 1. The lowest BCUT2D eigenvalue weighted by Crippen LogP contribution is -2.13. The van der Waals surface area contributed by atoms with Crippen molar-refractivity contribution in [1.29, 1.82) is 0 Å². The predicted molar refractivity (Wildman–Crippen MR) is 83.1 cm³/mol. The summed E-state index contributed by atoms with van der Waals surface area (Å²) >= 11 is 4.86. The molecule has 2 aromatic rings. The van der Waals surface area contributed by atoms with Crippen molar-refractivity contribution in [2.45, 2.75) is 6.92 Å². The molecule has 0 unspecified atom stereocenters. The summed E-state index contributed by atoms with van der Waals surface area (Å²) in [6.07, 6.45) is 0. The van der Waals surface area contributed by atoms with Crippen molar-refractivity contribution in [2.24, 2.45) is 5.73 Å². The highest BCUT2D eigenvalue weighted by atomic mass is 32.1. The second kappa shape index (κ2) is 5.71. The van der Waals surface area contributed by atoms with E-state index in [0.29, 0.717) is 21.8 Å². The van der Waals surface area contributed by atoms with Crippen molar-refractivity contribution < 1.29 is 9.90 Å². The van der Waals surface area contributed by atoms with Gasteiger partial charge in [-0.2, -0.15) is 0 Å². The number of hydrogen-bond acceptors (Lipinski definition) is 3. The van der Waals surface area contributed by atoms with E-state index in [9.17, 15) is 9.90 Å². The zero-order valence-electron chi connectivity index (χ0n) is 10.9. The monoisotopic (exact) mass is 286 g/mol. The van der Waals surface area contributed by atoms with Crippen molar-refractivity contribution in [2.75, 3.05) is 5.32 Å². The molecule has 2 rings (SSSR count). The topological polar surface area (TPSA) is 75.4 Å². The minimum Gasteiger partial charge on any atom is -0.508 e. The number of phenolic OH excluding ortho intramolecular Hbond substituents is 1. The maximum atomic E-state index is 12.1. The van der Waals surface area contributed by atoms with Gasteiger partial charge in [0.1, 0.15) is 10.7 Å². The molecular weight excluding hydrogens is 272 g/mol. The van der Waals surface area contributed by atoms with Gasteiger partial charge < -0.3 is 16.2 Å². The number of amides is 1. The lowest BCUT2D eigenvalue weighted by Gasteiger charge is -2.07. The molecule has 0 radical (unpaired) electrons. The van der Waals surface area contributed by atoms with Crippen molar-refractivity contribution in [3.8, 4) is 5.75 Å². The summed E-state index contributed by atoms with van der Waals surface area (Å²) in [7, 11) is 0. The fourth-order valence-corrected chi connectivity index (χ4v) is 1.85. The van der Waals surface area contributed by atoms with Crippen LogP contribution in [0, 0.1) is 6.92 Å². The maximum absolute atomic E-state index is 12.1. The number of carbonyl (C=O) groups is 1. The molecule has 0 saturated carbocycles. The number of anilines is 1. The first-order chi connectivity index (χ1) is 9.47. The average Bonchev–Trinajstić information content (AvgIpc) is 2.42. The van der Waals surface area contributed by atoms with E-state index in [1.165, 1.54) is 6.07 Å². The van der Waals surface area contributed by atoms with Crippen LogP contribution < -0.4 is 11.1 Å². The molecule has 20 heavy (non-hydrogen) atoms. The van der Waals surface area contributed by atoms with E-state index in [1.807, 2.05) is 0 Å². The molecule has 102 valence electrons. The number of hydrogen-bond donors (Lipinski definition) is 3. The van der Waals surface area contributed by atoms with E-state index in [1.54, 1.807) is 43.3 Å². The first-order valence-corrected chi connectivity index (χ1v) is 6.39. The van der Waals surface area contributed by atoms with Crippen LogP contribution in [0.2, 0.25) is 0 Å². The Kier molecular flexibility index (Phi) is 4.00. The molecule has 0 saturated heterocycles. The minimum absolute atomic E-state index is 0.169. The van der Waals surface area contributed by atoms with E-state index in [-0.39, 0.29) is 11.7 Å². The summed E-state index contributed by atoms with van der Waals surface area (Å²) in [6, 6.07) is 11.7. The third-order valence-corrected chi connectivity index (χ3v) is 3.12. The van der Waals surface area contributed by atoms with Crippen molar-refractivity contribution in [3.63, 3.8) is 0 Å². The number of nitrogens with two attached hydrogens (primary N) is 1. The normalized spacial score (nSPS) is 10.1. The zero-order chi connectivity index (χ0) is 14.7. The van der Waals surface area contributed by atoms with Gasteiger partial charge in [-0.25, -0.2) is 0 Å². The smallest absolute Gasteiger partial charge is 0.255 e. The molecule has 5 heteroatoms. The Labute approximate surface area is 122 Å². The summed E-state index contributed by atoms with van der Waals surface area (Å²) in [6.45, 7) is 1.74. The van der Waals surface area contributed by atoms with E-state index in [2.05, 4.69) is 5.32 Å². The Morgan fingerprint density at radius 2 is 1.75 bits per heavy atom. The van der Waals surface area contributed by atoms with Crippen LogP contribution >= 0.6 is 12.2 Å². The van der Waals surface area contributed by atoms with E-state index >= 15 is 0 Å². The van der Waals surface area contributed by atoms with E-state index in [4.69, 9.17) is 18.0 Å². The molecule has 2 aromatic carbocycles. The number of aromatic hydroxyl groups is 1. The standard InChI is InChI=1S/C15H14N2O2S/c1-9-8-11(4-7-13(9)18)15(19)17-12-5-2-10(3-6-12)14(16)20/h2-8,18H,1H3,(H2,16,20)(H,17,19). The number of nitrogens with one attached hydrogen (secondary N) is 1. The largest absolute Gasteiger partial charge is 0.508 e. The van der Waals surface area contributed by atoms with Crippen LogP contribution in [0.1, 0.15) is 21.5 Å². The van der Waals surface area contributed by atoms with Gasteiger partial charge in [0.2, 0.25) is 0 Å². The van der Waals surface area contributed by atoms with Crippen LogP contribution in [0.4, 0.5) is 5.69 Å². The maximum Gasteiger partial charge on any atom is 0.255 e. The highest BCUT2D eigenvalue weighted by Gasteiger charge is 2.08. The fraction of sp³-hybridized carbons (Fsp3) is 0.0667. The minimum atomic E-state index is -0.240. The Bertz CT molecular complexity index is 666. The Morgan fingerprint density at radius 1 is 1.15 bits per heavy atom. The Balaban J connectivity index is 2.14. The van der Waals surface area contributed by atoms with Gasteiger partial charge in [-0.1, -0.05) is 12.2 Å². The van der Waals surface area contributed by atoms with Gasteiger partial charge in [0.15, 0.2) is 0 Å². The number of aryl methyl sites for hydroxylation is 1. The Morgan fingerprint density at radius 3 is 2.30 bits per heavy atom. The summed E-state index contributed by atoms with van der Waals surface area (Å²) in [5.41, 5.74) is 8.05. The molecule has 0 spiro atoms. The second-order valence-electron chi connectivity index (χ2n) is 4.40. The predicted octanol–water partition coefficient (Wildman–Crippen LogP) is 2.59. The molecule has 0 heterocycles. The molecule has 0 aliphatic rings. The molecule has 0 fully saturated rings. The third-order valence-electron chi connectivity index (χ3n) is 2.89. The van der Waals surface area contributed by atoms with Crippen LogP contribution in [0.3, 0.4) is 0 Å². The molecule has 0 aliphatic carbocycles. The SMILES string of the molecule is Cc1cc(C(=O)Nc2ccc(C(N)=S)cc2)ccc1O. The summed E-state index contributed by atoms with van der Waals surface area (Å²) in [5, 5.41) is 12.2. The molecule has 1 amide bonds. The van der Waals surface area contributed by atoms with Crippen LogP contribution in [-0.2, 0) is 0 Å². The molecule has 4 N–H and O–H groups in total. The van der Waals surface area contributed by atoms with Crippen LogP contribution in [0.25, 0.3) is 0 Å². The average molecular weight is 286 g/mol. The van der Waals surface area contributed by atoms with Crippen molar-refractivity contribution >= 4 is 28.8 Å². The van der Waals surface area contributed by atoms with Gasteiger partial charge in [0.05, 0.1) is 0 Å². The quantitative estimate of drug-likeness (QED) is 0.758. The molecule has 0 bridgehead atoms. The highest BCUT2D eigenvalue weighted by Crippen LogP contribution is 2.18.